The van der Waals surface area contributed by atoms with Gasteiger partial charge in [0, 0.05) is 44.0 Å². The summed E-state index contributed by atoms with van der Waals surface area (Å²) >= 11 is 1.77. The maximum atomic E-state index is 13.1. The zero-order valence-electron chi connectivity index (χ0n) is 16.1. The molecule has 1 aliphatic rings. The van der Waals surface area contributed by atoms with Crippen LogP contribution < -0.4 is 4.90 Å². The second kappa shape index (κ2) is 7.52. The van der Waals surface area contributed by atoms with E-state index in [1.54, 1.807) is 11.3 Å². The van der Waals surface area contributed by atoms with Gasteiger partial charge in [-0.1, -0.05) is 19.1 Å². The third-order valence-corrected chi connectivity index (χ3v) is 6.46. The summed E-state index contributed by atoms with van der Waals surface area (Å²) in [5.74, 6) is 1.84. The maximum absolute atomic E-state index is 13.1. The Hall–Kier alpha value is -2.05. The molecule has 27 heavy (non-hydrogen) atoms. The number of anilines is 1. The van der Waals surface area contributed by atoms with Gasteiger partial charge in [0.05, 0.1) is 5.39 Å². The summed E-state index contributed by atoms with van der Waals surface area (Å²) in [4.78, 5) is 16.9. The lowest BCUT2D eigenvalue weighted by Crippen LogP contribution is -2.46. The topological polar surface area (TPSA) is 32.3 Å². The minimum absolute atomic E-state index is 0.176. The van der Waals surface area contributed by atoms with Crippen molar-refractivity contribution in [3.05, 3.63) is 51.9 Å². The monoisotopic (exact) mass is 384 g/mol. The van der Waals surface area contributed by atoms with E-state index in [0.717, 1.165) is 61.2 Å². The van der Waals surface area contributed by atoms with Crippen molar-refractivity contribution in [2.75, 3.05) is 31.1 Å². The van der Waals surface area contributed by atoms with E-state index in [0.29, 0.717) is 0 Å². The first kappa shape index (κ1) is 18.3. The molecule has 0 bridgehead atoms. The molecular formula is C21H25FN4S. The number of aryl methyl sites for hydroxylation is 3. The van der Waals surface area contributed by atoms with Gasteiger partial charge in [-0.15, -0.1) is 11.3 Å². The van der Waals surface area contributed by atoms with E-state index in [4.69, 9.17) is 9.97 Å². The van der Waals surface area contributed by atoms with Crippen LogP contribution in [-0.2, 0) is 13.0 Å². The van der Waals surface area contributed by atoms with Crippen LogP contribution in [0.2, 0.25) is 0 Å². The fraction of sp³-hybridized carbons (Fsp3) is 0.429. The van der Waals surface area contributed by atoms with Gasteiger partial charge in [-0.2, -0.15) is 0 Å². The molecule has 4 nitrogen and oxygen atoms in total. The molecule has 3 aromatic rings. The summed E-state index contributed by atoms with van der Waals surface area (Å²) < 4.78 is 13.1. The molecule has 6 heteroatoms. The van der Waals surface area contributed by atoms with E-state index in [1.807, 2.05) is 12.1 Å². The average molecular weight is 385 g/mol. The highest BCUT2D eigenvalue weighted by Crippen LogP contribution is 2.35. The zero-order valence-corrected chi connectivity index (χ0v) is 16.9. The van der Waals surface area contributed by atoms with Crippen LogP contribution in [0.25, 0.3) is 10.2 Å². The number of rotatable bonds is 4. The molecule has 1 fully saturated rings. The normalized spacial score (nSPS) is 15.6. The fourth-order valence-electron chi connectivity index (χ4n) is 3.62. The number of benzene rings is 1. The first-order valence-corrected chi connectivity index (χ1v) is 10.3. The first-order valence-electron chi connectivity index (χ1n) is 9.53. The summed E-state index contributed by atoms with van der Waals surface area (Å²) in [5.41, 5.74) is 2.47. The Morgan fingerprint density at radius 2 is 1.74 bits per heavy atom. The van der Waals surface area contributed by atoms with Gasteiger partial charge in [0.25, 0.3) is 0 Å². The second-order valence-corrected chi connectivity index (χ2v) is 8.37. The molecule has 0 amide bonds. The van der Waals surface area contributed by atoms with Crippen LogP contribution in [0, 0.1) is 19.7 Å². The van der Waals surface area contributed by atoms with Crippen LogP contribution in [-0.4, -0.2) is 41.0 Å². The van der Waals surface area contributed by atoms with E-state index < -0.39 is 0 Å². The van der Waals surface area contributed by atoms with Gasteiger partial charge in [-0.25, -0.2) is 14.4 Å². The summed E-state index contributed by atoms with van der Waals surface area (Å²) in [6.07, 6.45) is 0.851. The van der Waals surface area contributed by atoms with Crippen molar-refractivity contribution in [2.24, 2.45) is 0 Å². The molecule has 0 spiro atoms. The molecule has 4 rings (SSSR count). The van der Waals surface area contributed by atoms with Gasteiger partial charge in [-0.3, -0.25) is 4.90 Å². The molecule has 0 aliphatic carbocycles. The van der Waals surface area contributed by atoms with Crippen molar-refractivity contribution in [1.29, 1.82) is 0 Å². The highest BCUT2D eigenvalue weighted by Gasteiger charge is 2.23. The lowest BCUT2D eigenvalue weighted by molar-refractivity contribution is 0.249. The van der Waals surface area contributed by atoms with Crippen molar-refractivity contribution in [3.8, 4) is 0 Å². The average Bonchev–Trinajstić information content (AvgIpc) is 2.97. The Morgan fingerprint density at radius 3 is 2.41 bits per heavy atom. The predicted octanol–water partition coefficient (Wildman–Crippen LogP) is 4.33. The van der Waals surface area contributed by atoms with Gasteiger partial charge >= 0.3 is 0 Å². The standard InChI is InChI=1S/C21H25FN4S/c1-4-18-23-20(19-14(2)15(3)27-21(19)24-18)26-11-9-25(10-12-26)13-16-5-7-17(22)8-6-16/h5-8H,4,9-13H2,1-3H3. The number of fused-ring (bicyclic) bond motifs is 1. The third-order valence-electron chi connectivity index (χ3n) is 5.36. The predicted molar refractivity (Wildman–Crippen MR) is 110 cm³/mol. The van der Waals surface area contributed by atoms with Gasteiger partial charge in [0.2, 0.25) is 0 Å². The summed E-state index contributed by atoms with van der Waals surface area (Å²) in [6, 6.07) is 6.83. The molecule has 2 aromatic heterocycles. The Morgan fingerprint density at radius 1 is 1.04 bits per heavy atom. The van der Waals surface area contributed by atoms with Gasteiger partial charge in [0.15, 0.2) is 0 Å². The summed E-state index contributed by atoms with van der Waals surface area (Å²) in [5, 5.41) is 1.22. The third kappa shape index (κ3) is 3.69. The van der Waals surface area contributed by atoms with E-state index >= 15 is 0 Å². The van der Waals surface area contributed by atoms with Crippen molar-refractivity contribution >= 4 is 27.4 Å². The van der Waals surface area contributed by atoms with E-state index in [-0.39, 0.29) is 5.82 Å². The maximum Gasteiger partial charge on any atom is 0.141 e. The van der Waals surface area contributed by atoms with Gasteiger partial charge < -0.3 is 4.90 Å². The lowest BCUT2D eigenvalue weighted by atomic mass is 10.1. The minimum atomic E-state index is -0.176. The molecule has 1 aromatic carbocycles. The van der Waals surface area contributed by atoms with Crippen LogP contribution in [0.3, 0.4) is 0 Å². The number of nitrogens with zero attached hydrogens (tertiary/aromatic N) is 4. The van der Waals surface area contributed by atoms with Crippen molar-refractivity contribution < 1.29 is 4.39 Å². The quantitative estimate of drug-likeness (QED) is 0.670. The first-order chi connectivity index (χ1) is 13.0. The molecule has 0 atom stereocenters. The zero-order chi connectivity index (χ0) is 19.0. The number of halogens is 1. The Bertz CT molecular complexity index is 943. The van der Waals surface area contributed by atoms with Crippen molar-refractivity contribution in [1.82, 2.24) is 14.9 Å². The highest BCUT2D eigenvalue weighted by molar-refractivity contribution is 7.18. The van der Waals surface area contributed by atoms with Crippen molar-refractivity contribution in [3.63, 3.8) is 0 Å². The summed E-state index contributed by atoms with van der Waals surface area (Å²) in [6.45, 7) is 11.2. The van der Waals surface area contributed by atoms with Crippen molar-refractivity contribution in [2.45, 2.75) is 33.7 Å². The summed E-state index contributed by atoms with van der Waals surface area (Å²) in [7, 11) is 0. The van der Waals surface area contributed by atoms with E-state index in [1.165, 1.54) is 28.0 Å². The van der Waals surface area contributed by atoms with Crippen LogP contribution in [0.4, 0.5) is 10.2 Å². The van der Waals surface area contributed by atoms with Gasteiger partial charge in [0.1, 0.15) is 22.3 Å². The molecule has 0 radical (unpaired) electrons. The second-order valence-electron chi connectivity index (χ2n) is 7.17. The minimum Gasteiger partial charge on any atom is -0.353 e. The number of hydrogen-bond donors (Lipinski definition) is 0. The number of hydrogen-bond acceptors (Lipinski definition) is 5. The SMILES string of the molecule is CCc1nc(N2CCN(Cc3ccc(F)cc3)CC2)c2c(C)c(C)sc2n1. The molecule has 0 saturated carbocycles. The number of aromatic nitrogens is 2. The Kier molecular flexibility index (Phi) is 5.10. The molecule has 3 heterocycles. The molecule has 1 saturated heterocycles. The number of piperazine rings is 1. The molecular weight excluding hydrogens is 359 g/mol. The lowest BCUT2D eigenvalue weighted by Gasteiger charge is -2.36. The van der Waals surface area contributed by atoms with Crippen LogP contribution in [0.1, 0.15) is 28.8 Å². The van der Waals surface area contributed by atoms with Gasteiger partial charge in [-0.05, 0) is 37.1 Å². The Balaban J connectivity index is 1.53. The smallest absolute Gasteiger partial charge is 0.141 e. The van der Waals surface area contributed by atoms with Crippen LogP contribution in [0.15, 0.2) is 24.3 Å². The molecule has 1 aliphatic heterocycles. The van der Waals surface area contributed by atoms with E-state index in [9.17, 15) is 4.39 Å². The van der Waals surface area contributed by atoms with Crippen LogP contribution >= 0.6 is 11.3 Å². The number of thiophene rings is 1. The molecule has 0 N–H and O–H groups in total. The highest BCUT2D eigenvalue weighted by atomic mass is 32.1. The Labute approximate surface area is 163 Å². The van der Waals surface area contributed by atoms with E-state index in [2.05, 4.69) is 30.6 Å². The fourth-order valence-corrected chi connectivity index (χ4v) is 4.67. The largest absolute Gasteiger partial charge is 0.353 e. The molecule has 0 unspecified atom stereocenters. The molecule has 142 valence electrons. The van der Waals surface area contributed by atoms with Crippen LogP contribution in [0.5, 0.6) is 0 Å².